The molecule has 0 amide bonds. The van der Waals surface area contributed by atoms with E-state index in [0.717, 1.165) is 16.5 Å². The Kier molecular flexibility index (Phi) is 4.15. The molecule has 0 radical (unpaired) electrons. The highest BCUT2D eigenvalue weighted by Crippen LogP contribution is 2.23. The lowest BCUT2D eigenvalue weighted by atomic mass is 10.1. The summed E-state index contributed by atoms with van der Waals surface area (Å²) in [6.45, 7) is 2.06. The van der Waals surface area contributed by atoms with E-state index < -0.39 is 0 Å². The molecule has 0 spiro atoms. The normalized spacial score (nSPS) is 10.1. The molecule has 0 saturated heterocycles. The summed E-state index contributed by atoms with van der Waals surface area (Å²) < 4.78 is 6.37. The topological polar surface area (TPSA) is 26.3 Å². The van der Waals surface area contributed by atoms with Crippen LogP contribution in [0.4, 0.5) is 0 Å². The maximum absolute atomic E-state index is 11.9. The van der Waals surface area contributed by atoms with Crippen LogP contribution in [0.25, 0.3) is 0 Å². The van der Waals surface area contributed by atoms with Gasteiger partial charge in [-0.25, -0.2) is 4.79 Å². The zero-order valence-electron chi connectivity index (χ0n) is 10.0. The van der Waals surface area contributed by atoms with Gasteiger partial charge in [0.2, 0.25) is 0 Å². The van der Waals surface area contributed by atoms with Gasteiger partial charge in [-0.15, -0.1) is 0 Å². The smallest absolute Gasteiger partial charge is 0.343 e. The fraction of sp³-hybridized carbons (Fsp3) is 0.133. The number of halogens is 1. The Morgan fingerprint density at radius 2 is 1.89 bits per heavy atom. The fourth-order valence-electron chi connectivity index (χ4n) is 1.63. The number of carbonyl (C=O) groups is 1. The van der Waals surface area contributed by atoms with E-state index in [1.807, 2.05) is 30.3 Å². The summed E-state index contributed by atoms with van der Waals surface area (Å²) in [5, 5.41) is 0. The predicted molar refractivity (Wildman–Crippen MR) is 74.9 cm³/mol. The van der Waals surface area contributed by atoms with Crippen LogP contribution in [0.1, 0.15) is 22.8 Å². The lowest BCUT2D eigenvalue weighted by Gasteiger charge is -2.07. The van der Waals surface area contributed by atoms with Crippen molar-refractivity contribution in [2.75, 3.05) is 0 Å². The Morgan fingerprint density at radius 3 is 2.56 bits per heavy atom. The standard InChI is InChI=1S/C15H13BrO2/c1-2-11-10-13(8-9-14(11)16)18-15(17)12-6-4-3-5-7-12/h3-10H,2H2,1H3. The first-order chi connectivity index (χ1) is 8.70. The average molecular weight is 305 g/mol. The van der Waals surface area contributed by atoms with Gasteiger partial charge >= 0.3 is 5.97 Å². The van der Waals surface area contributed by atoms with Gasteiger partial charge in [-0.2, -0.15) is 0 Å². The Hall–Kier alpha value is -1.61. The Balaban J connectivity index is 2.17. The number of hydrogen-bond donors (Lipinski definition) is 0. The number of hydrogen-bond acceptors (Lipinski definition) is 2. The molecule has 0 N–H and O–H groups in total. The second kappa shape index (κ2) is 5.83. The van der Waals surface area contributed by atoms with E-state index in [1.165, 1.54) is 0 Å². The molecular formula is C15H13BrO2. The van der Waals surface area contributed by atoms with Gasteiger partial charge in [0, 0.05) is 4.47 Å². The maximum atomic E-state index is 11.9. The monoisotopic (exact) mass is 304 g/mol. The number of rotatable bonds is 3. The van der Waals surface area contributed by atoms with Crippen LogP contribution in [0.5, 0.6) is 5.75 Å². The fourth-order valence-corrected chi connectivity index (χ4v) is 2.15. The molecule has 18 heavy (non-hydrogen) atoms. The molecule has 0 aliphatic carbocycles. The lowest BCUT2D eigenvalue weighted by Crippen LogP contribution is -2.08. The van der Waals surface area contributed by atoms with E-state index in [4.69, 9.17) is 4.74 Å². The first kappa shape index (κ1) is 12.8. The third kappa shape index (κ3) is 2.99. The highest BCUT2D eigenvalue weighted by molar-refractivity contribution is 9.10. The molecule has 0 aliphatic rings. The van der Waals surface area contributed by atoms with Gasteiger partial charge in [-0.3, -0.25) is 0 Å². The van der Waals surface area contributed by atoms with E-state index in [2.05, 4.69) is 22.9 Å². The van der Waals surface area contributed by atoms with Crippen molar-refractivity contribution in [3.63, 3.8) is 0 Å². The van der Waals surface area contributed by atoms with E-state index in [-0.39, 0.29) is 5.97 Å². The average Bonchev–Trinajstić information content (AvgIpc) is 2.42. The van der Waals surface area contributed by atoms with Crippen molar-refractivity contribution in [3.05, 3.63) is 64.1 Å². The maximum Gasteiger partial charge on any atom is 0.343 e. The summed E-state index contributed by atoms with van der Waals surface area (Å²) in [7, 11) is 0. The van der Waals surface area contributed by atoms with Gasteiger partial charge in [0.25, 0.3) is 0 Å². The second-order valence-electron chi connectivity index (χ2n) is 3.86. The number of esters is 1. The van der Waals surface area contributed by atoms with Gasteiger partial charge in [-0.05, 0) is 42.3 Å². The highest BCUT2D eigenvalue weighted by atomic mass is 79.9. The molecule has 2 rings (SSSR count). The van der Waals surface area contributed by atoms with Crippen LogP contribution in [-0.2, 0) is 6.42 Å². The van der Waals surface area contributed by atoms with Crippen molar-refractivity contribution in [1.29, 1.82) is 0 Å². The summed E-state index contributed by atoms with van der Waals surface area (Å²) in [6, 6.07) is 14.5. The van der Waals surface area contributed by atoms with E-state index in [1.54, 1.807) is 18.2 Å². The van der Waals surface area contributed by atoms with Crippen LogP contribution in [0, 0.1) is 0 Å². The molecule has 0 heterocycles. The largest absolute Gasteiger partial charge is 0.423 e. The molecule has 0 unspecified atom stereocenters. The third-order valence-corrected chi connectivity index (χ3v) is 3.39. The van der Waals surface area contributed by atoms with Crippen LogP contribution in [-0.4, -0.2) is 5.97 Å². The minimum Gasteiger partial charge on any atom is -0.423 e. The first-order valence-electron chi connectivity index (χ1n) is 5.76. The van der Waals surface area contributed by atoms with Gasteiger partial charge in [0.1, 0.15) is 5.75 Å². The molecule has 2 nitrogen and oxygen atoms in total. The number of ether oxygens (including phenoxy) is 1. The van der Waals surface area contributed by atoms with Crippen molar-refractivity contribution in [2.24, 2.45) is 0 Å². The van der Waals surface area contributed by atoms with Crippen molar-refractivity contribution < 1.29 is 9.53 Å². The quantitative estimate of drug-likeness (QED) is 0.626. The summed E-state index contributed by atoms with van der Waals surface area (Å²) >= 11 is 3.46. The molecule has 0 saturated carbocycles. The predicted octanol–water partition coefficient (Wildman–Crippen LogP) is 4.23. The van der Waals surface area contributed by atoms with Crippen molar-refractivity contribution in [1.82, 2.24) is 0 Å². The van der Waals surface area contributed by atoms with Gasteiger partial charge < -0.3 is 4.74 Å². The minimum absolute atomic E-state index is 0.333. The van der Waals surface area contributed by atoms with Gasteiger partial charge in [0.05, 0.1) is 5.56 Å². The van der Waals surface area contributed by atoms with Crippen molar-refractivity contribution in [3.8, 4) is 5.75 Å². The summed E-state index contributed by atoms with van der Waals surface area (Å²) in [4.78, 5) is 11.9. The Bertz CT molecular complexity index is 550. The highest BCUT2D eigenvalue weighted by Gasteiger charge is 2.08. The van der Waals surface area contributed by atoms with E-state index in [9.17, 15) is 4.79 Å². The molecule has 3 heteroatoms. The number of aryl methyl sites for hydroxylation is 1. The molecule has 2 aromatic rings. The number of carbonyl (C=O) groups excluding carboxylic acids is 1. The van der Waals surface area contributed by atoms with Crippen molar-refractivity contribution in [2.45, 2.75) is 13.3 Å². The minimum atomic E-state index is -0.333. The summed E-state index contributed by atoms with van der Waals surface area (Å²) in [5.41, 5.74) is 1.67. The lowest BCUT2D eigenvalue weighted by molar-refractivity contribution is 0.0734. The third-order valence-electron chi connectivity index (χ3n) is 2.62. The molecule has 0 aromatic heterocycles. The molecule has 2 aromatic carbocycles. The van der Waals surface area contributed by atoms with Gasteiger partial charge in [-0.1, -0.05) is 41.1 Å². The molecule has 0 aliphatic heterocycles. The van der Waals surface area contributed by atoms with Gasteiger partial charge in [0.15, 0.2) is 0 Å². The number of benzene rings is 2. The van der Waals surface area contributed by atoms with E-state index >= 15 is 0 Å². The second-order valence-corrected chi connectivity index (χ2v) is 4.72. The Labute approximate surface area is 115 Å². The molecule has 0 atom stereocenters. The zero-order chi connectivity index (χ0) is 13.0. The summed E-state index contributed by atoms with van der Waals surface area (Å²) in [6.07, 6.45) is 0.886. The van der Waals surface area contributed by atoms with Crippen molar-refractivity contribution >= 4 is 21.9 Å². The Morgan fingerprint density at radius 1 is 1.17 bits per heavy atom. The van der Waals surface area contributed by atoms with Crippen LogP contribution in [0.2, 0.25) is 0 Å². The van der Waals surface area contributed by atoms with Crippen LogP contribution in [0.3, 0.4) is 0 Å². The molecule has 0 fully saturated rings. The molecule has 92 valence electrons. The zero-order valence-corrected chi connectivity index (χ0v) is 11.6. The van der Waals surface area contributed by atoms with Crippen LogP contribution < -0.4 is 4.74 Å². The van der Waals surface area contributed by atoms with E-state index in [0.29, 0.717) is 11.3 Å². The molecule has 0 bridgehead atoms. The molecular weight excluding hydrogens is 292 g/mol. The SMILES string of the molecule is CCc1cc(OC(=O)c2ccccc2)ccc1Br. The van der Waals surface area contributed by atoms with Crippen LogP contribution >= 0.6 is 15.9 Å². The van der Waals surface area contributed by atoms with Crippen LogP contribution in [0.15, 0.2) is 53.0 Å². The summed E-state index contributed by atoms with van der Waals surface area (Å²) in [5.74, 6) is 0.240. The first-order valence-corrected chi connectivity index (χ1v) is 6.55.